The average molecular weight is 629 g/mol. The molecule has 5 saturated heterocycles. The molecule has 5 heterocycles. The third-order valence-corrected chi connectivity index (χ3v) is 13.8. The van der Waals surface area contributed by atoms with Gasteiger partial charge in [-0.25, -0.2) is 0 Å². The molecule has 9 N–H and O–H groups in total. The summed E-state index contributed by atoms with van der Waals surface area (Å²) in [4.78, 5) is 9.06. The van der Waals surface area contributed by atoms with E-state index in [1.54, 1.807) is 0 Å². The molecule has 8 unspecified atom stereocenters. The van der Waals surface area contributed by atoms with E-state index in [0.717, 1.165) is 47.3 Å². The first kappa shape index (κ1) is 30.7. The van der Waals surface area contributed by atoms with Gasteiger partial charge in [-0.2, -0.15) is 0 Å². The quantitative estimate of drug-likeness (QED) is 0.182. The van der Waals surface area contributed by atoms with Crippen LogP contribution in [-0.2, 0) is 0 Å². The summed E-state index contributed by atoms with van der Waals surface area (Å²) in [7, 11) is 0.265. The number of hydrogen-bond acceptors (Lipinski definition) is 9. The molecule has 0 aromatic heterocycles. The topological polar surface area (TPSA) is 134 Å². The minimum atomic E-state index is -0.694. The van der Waals surface area contributed by atoms with Crippen LogP contribution in [0.4, 0.5) is 4.79 Å². The highest BCUT2D eigenvalue weighted by Gasteiger charge is 2.54. The van der Waals surface area contributed by atoms with Crippen molar-refractivity contribution in [3.8, 4) is 0 Å². The van der Waals surface area contributed by atoms with Crippen LogP contribution in [-0.4, -0.2) is 70.3 Å². The Morgan fingerprint density at radius 2 is 0.477 bits per heavy atom. The van der Waals surface area contributed by atoms with Gasteiger partial charge >= 0.3 is 0 Å². The molecule has 0 aromatic carbocycles. The van der Waals surface area contributed by atoms with E-state index in [2.05, 4.69) is 42.5 Å². The zero-order valence-corrected chi connectivity index (χ0v) is 28.9. The van der Waals surface area contributed by atoms with Crippen molar-refractivity contribution in [2.75, 3.05) is 0 Å². The van der Waals surface area contributed by atoms with Crippen LogP contribution in [0.1, 0.15) is 103 Å². The number of hydrogen-bond donors (Lipinski definition) is 9. The van der Waals surface area contributed by atoms with Crippen LogP contribution in [0, 0.1) is 47.3 Å². The van der Waals surface area contributed by atoms with Crippen LogP contribution in [0.2, 0.25) is 0 Å². The maximum absolute atomic E-state index is 9.06. The van der Waals surface area contributed by atoms with E-state index in [9.17, 15) is 0 Å². The van der Waals surface area contributed by atoms with Gasteiger partial charge in [-0.3, -0.25) is 47.3 Å². The van der Waals surface area contributed by atoms with Crippen molar-refractivity contribution < 1.29 is 9.90 Å². The van der Waals surface area contributed by atoms with E-state index in [4.69, 9.17) is 9.90 Å². The second kappa shape index (κ2) is 13.1. The fourth-order valence-electron chi connectivity index (χ4n) is 12.0. The fraction of sp³-hybridized carbons (Fsp3) is 0.970. The van der Waals surface area contributed by atoms with Crippen LogP contribution in [0.25, 0.3) is 0 Å². The van der Waals surface area contributed by atoms with E-state index in [1.807, 2.05) is 0 Å². The maximum Gasteiger partial charge on any atom is 0.257 e. The molecule has 10 nitrogen and oxygen atoms in total. The lowest BCUT2D eigenvalue weighted by Crippen LogP contribution is -2.61. The summed E-state index contributed by atoms with van der Waals surface area (Å²) in [6.45, 7) is 0. The minimum Gasteiger partial charge on any atom is -0.486 e. The van der Waals surface area contributed by atoms with Crippen molar-refractivity contribution >= 4 is 15.8 Å². The van der Waals surface area contributed by atoms with Gasteiger partial charge in [0.05, 0.1) is 49.3 Å². The Morgan fingerprint density at radius 1 is 0.364 bits per heavy atom. The summed E-state index contributed by atoms with van der Waals surface area (Å²) in [6.07, 6.45) is 25.6. The lowest BCUT2D eigenvalue weighted by molar-refractivity contribution is 0.167. The normalized spacial score (nSPS) is 53.0. The SMILES string of the molecule is C1CCC2C3NC(NC4NC(NC5NC(NC6NC(N3)C3CCCCC63)C3CCCCC53)C3CCCCC43)C2C1.O=C(O)[SiH3]. The fourth-order valence-corrected chi connectivity index (χ4v) is 12.0. The lowest BCUT2D eigenvalue weighted by atomic mass is 9.76. The Kier molecular flexibility index (Phi) is 9.14. The predicted octanol–water partition coefficient (Wildman–Crippen LogP) is 1.64. The van der Waals surface area contributed by atoms with Gasteiger partial charge in [0.15, 0.2) is 0 Å². The Bertz CT molecular complexity index is 812. The molecule has 0 spiro atoms. The second-order valence-electron chi connectivity index (χ2n) is 16.1. The van der Waals surface area contributed by atoms with Gasteiger partial charge in [0.2, 0.25) is 0 Å². The van der Waals surface area contributed by atoms with Gasteiger partial charge in [-0.15, -0.1) is 0 Å². The van der Waals surface area contributed by atoms with Crippen LogP contribution >= 0.6 is 0 Å². The largest absolute Gasteiger partial charge is 0.486 e. The van der Waals surface area contributed by atoms with E-state index < -0.39 is 5.59 Å². The summed E-state index contributed by atoms with van der Waals surface area (Å²) in [5, 5.41) is 41.3. The zero-order valence-electron chi connectivity index (χ0n) is 26.9. The van der Waals surface area contributed by atoms with Crippen molar-refractivity contribution in [1.82, 2.24) is 42.5 Å². The van der Waals surface area contributed by atoms with Crippen molar-refractivity contribution in [2.45, 2.75) is 152 Å². The van der Waals surface area contributed by atoms with Gasteiger partial charge in [-0.05, 0) is 98.7 Å². The lowest BCUT2D eigenvalue weighted by Gasteiger charge is -2.35. The third kappa shape index (κ3) is 5.85. The molecule has 0 radical (unpaired) electrons. The summed E-state index contributed by atoms with van der Waals surface area (Å²) in [5.41, 5.74) is -0.694. The van der Waals surface area contributed by atoms with Gasteiger partial charge < -0.3 is 5.11 Å². The molecular weight excluding hydrogens is 569 g/mol. The zero-order chi connectivity index (χ0) is 29.8. The molecule has 248 valence electrons. The molecule has 11 heteroatoms. The van der Waals surface area contributed by atoms with E-state index >= 15 is 0 Å². The number of carbonyl (C=O) groups is 1. The van der Waals surface area contributed by atoms with Crippen LogP contribution < -0.4 is 42.5 Å². The van der Waals surface area contributed by atoms with Gasteiger partial charge in [-0.1, -0.05) is 51.4 Å². The predicted molar refractivity (Wildman–Crippen MR) is 175 cm³/mol. The molecule has 8 bridgehead atoms. The molecule has 0 amide bonds. The van der Waals surface area contributed by atoms with Crippen molar-refractivity contribution in [1.29, 1.82) is 0 Å². The van der Waals surface area contributed by atoms with Gasteiger partial charge in [0.1, 0.15) is 10.2 Å². The Labute approximate surface area is 267 Å². The summed E-state index contributed by atoms with van der Waals surface area (Å²) in [6, 6.07) is 0. The summed E-state index contributed by atoms with van der Waals surface area (Å²) < 4.78 is 0. The highest BCUT2D eigenvalue weighted by Crippen LogP contribution is 2.45. The molecule has 9 rings (SSSR count). The first-order chi connectivity index (χ1) is 21.5. The number of carboxylic acid groups (broad SMARTS) is 1. The summed E-state index contributed by atoms with van der Waals surface area (Å²) in [5.74, 6) is 5.97. The third-order valence-electron chi connectivity index (χ3n) is 13.8. The first-order valence-corrected chi connectivity index (χ1v) is 19.8. The van der Waals surface area contributed by atoms with Crippen molar-refractivity contribution in [3.05, 3.63) is 0 Å². The molecule has 9 aliphatic rings. The average Bonchev–Trinajstić information content (AvgIpc) is 3.76. The number of rotatable bonds is 0. The first-order valence-electron chi connectivity index (χ1n) is 18.8. The highest BCUT2D eigenvalue weighted by atomic mass is 28.1. The molecule has 5 aliphatic heterocycles. The standard InChI is InChI=1S/C32H56N8.CH4O2Si/c1-2-10-18-17(9-1)25-33-26(18)38-28-21-13-5-6-14-22(21)30(35-28)40-32-24-16-8-7-15-23(24)31(36-32)39-29-20-12-4-3-11-19(20)27(34-29)37-25;2-1(3)4/h17-40H,1-16H2;4H3,(H,2,3). The number of fused-ring (bicyclic) bond motifs is 20. The van der Waals surface area contributed by atoms with E-state index in [1.165, 1.54) is 103 Å². The van der Waals surface area contributed by atoms with Gasteiger partial charge in [0.25, 0.3) is 5.59 Å². The number of nitrogens with one attached hydrogen (secondary N) is 8. The second-order valence-corrected chi connectivity index (χ2v) is 17.0. The van der Waals surface area contributed by atoms with Crippen LogP contribution in [0.5, 0.6) is 0 Å². The summed E-state index contributed by atoms with van der Waals surface area (Å²) >= 11 is 0. The van der Waals surface area contributed by atoms with Crippen LogP contribution in [0.15, 0.2) is 0 Å². The maximum atomic E-state index is 9.06. The van der Waals surface area contributed by atoms with E-state index in [-0.39, 0.29) is 10.2 Å². The Morgan fingerprint density at radius 3 is 0.591 bits per heavy atom. The monoisotopic (exact) mass is 628 g/mol. The molecule has 4 aliphatic carbocycles. The highest BCUT2D eigenvalue weighted by molar-refractivity contribution is 6.54. The molecule has 8 atom stereocenters. The van der Waals surface area contributed by atoms with Gasteiger partial charge in [0, 0.05) is 0 Å². The molecule has 9 fully saturated rings. The molecule has 44 heavy (non-hydrogen) atoms. The smallest absolute Gasteiger partial charge is 0.257 e. The van der Waals surface area contributed by atoms with Crippen molar-refractivity contribution in [3.63, 3.8) is 0 Å². The van der Waals surface area contributed by atoms with E-state index in [0.29, 0.717) is 49.3 Å². The molecular formula is C33H60N8O2Si. The molecule has 0 aromatic rings. The van der Waals surface area contributed by atoms with Crippen molar-refractivity contribution in [2.24, 2.45) is 47.3 Å². The Balaban J connectivity index is 0.000000684. The minimum absolute atomic E-state index is 0.265. The van der Waals surface area contributed by atoms with Crippen LogP contribution in [0.3, 0.4) is 0 Å². The molecule has 4 saturated carbocycles. The Hall–Kier alpha value is -0.633.